The summed E-state index contributed by atoms with van der Waals surface area (Å²) >= 11 is 1.12. The molecule has 0 fully saturated rings. The Balaban J connectivity index is 1.47. The van der Waals surface area contributed by atoms with E-state index in [9.17, 15) is 13.2 Å². The van der Waals surface area contributed by atoms with Gasteiger partial charge in [0, 0.05) is 32.8 Å². The third-order valence-electron chi connectivity index (χ3n) is 7.02. The molecule has 190 valence electrons. The number of pyridine rings is 1. The molecule has 0 N–H and O–H groups in total. The van der Waals surface area contributed by atoms with E-state index < -0.39 is 23.0 Å². The topological polar surface area (TPSA) is 62.5 Å². The van der Waals surface area contributed by atoms with E-state index in [2.05, 4.69) is 8.75 Å². The molecule has 0 unspecified atom stereocenters. The molecular formula is C32H15F3N4S. The predicted molar refractivity (Wildman–Crippen MR) is 151 cm³/mol. The van der Waals surface area contributed by atoms with Crippen LogP contribution in [0.3, 0.4) is 0 Å². The maximum Gasteiger partial charge on any atom is 0.180 e. The maximum absolute atomic E-state index is 14.7. The van der Waals surface area contributed by atoms with Crippen LogP contribution in [0.25, 0.3) is 66.2 Å². The molecule has 0 aliphatic rings. The van der Waals surface area contributed by atoms with Crippen molar-refractivity contribution in [1.82, 2.24) is 13.7 Å². The smallest absolute Gasteiger partial charge is 0.180 e. The number of nitriles is 1. The van der Waals surface area contributed by atoms with Crippen LogP contribution in [-0.2, 0) is 0 Å². The van der Waals surface area contributed by atoms with Gasteiger partial charge in [0.1, 0.15) is 28.5 Å². The van der Waals surface area contributed by atoms with Crippen LogP contribution in [0.4, 0.5) is 13.2 Å². The summed E-state index contributed by atoms with van der Waals surface area (Å²) in [4.78, 5) is 5.01. The highest BCUT2D eigenvalue weighted by Gasteiger charge is 2.21. The van der Waals surface area contributed by atoms with Crippen molar-refractivity contribution >= 4 is 44.4 Å². The first-order valence-electron chi connectivity index (χ1n) is 12.3. The Kier molecular flexibility index (Phi) is 5.54. The second-order valence-corrected chi connectivity index (χ2v) is 9.78. The van der Waals surface area contributed by atoms with E-state index in [0.29, 0.717) is 5.52 Å². The average Bonchev–Trinajstić information content (AvgIpc) is 3.49. The quantitative estimate of drug-likeness (QED) is 0.165. The fraction of sp³-hybridized carbons (Fsp3) is 0. The predicted octanol–water partition coefficient (Wildman–Crippen LogP) is 8.68. The highest BCUT2D eigenvalue weighted by atomic mass is 32.1. The van der Waals surface area contributed by atoms with Crippen molar-refractivity contribution in [3.05, 3.63) is 114 Å². The third-order valence-corrected chi connectivity index (χ3v) is 7.55. The van der Waals surface area contributed by atoms with E-state index in [-0.39, 0.29) is 11.1 Å². The van der Waals surface area contributed by atoms with Crippen LogP contribution >= 0.6 is 11.7 Å². The number of halogens is 3. The Morgan fingerprint density at radius 3 is 2.08 bits per heavy atom. The first-order chi connectivity index (χ1) is 19.5. The van der Waals surface area contributed by atoms with E-state index >= 15 is 0 Å². The van der Waals surface area contributed by atoms with Gasteiger partial charge in [0.25, 0.3) is 0 Å². The van der Waals surface area contributed by atoms with E-state index in [0.717, 1.165) is 67.4 Å². The van der Waals surface area contributed by atoms with Crippen molar-refractivity contribution in [3.8, 4) is 39.6 Å². The van der Waals surface area contributed by atoms with Crippen LogP contribution in [0.15, 0.2) is 91.0 Å². The fourth-order valence-corrected chi connectivity index (χ4v) is 5.70. The van der Waals surface area contributed by atoms with Gasteiger partial charge >= 0.3 is 0 Å². The summed E-state index contributed by atoms with van der Waals surface area (Å²) < 4.78 is 52.5. The number of nitrogens with zero attached hydrogens (tertiary/aromatic N) is 4. The SMILES string of the molecule is N#Cc1c(F)cc(-c2ccc(-c3cc4c(-c5ccccc5)nc5ccccc5c4c4nsnc34)cc2)c(F)c1F. The standard InChI is InChI=1S/C32H15F3N4S/c33-25-15-21(28(34)29(35)24(25)16-36)17-10-12-18(13-11-17)22-14-23-27(32-31(22)38-40-39-32)20-8-4-5-9-26(20)37-30(23)19-6-2-1-3-7-19/h1-15H. The van der Waals surface area contributed by atoms with Crippen LogP contribution < -0.4 is 0 Å². The summed E-state index contributed by atoms with van der Waals surface area (Å²) in [5.74, 6) is -3.88. The summed E-state index contributed by atoms with van der Waals surface area (Å²) in [7, 11) is 0. The van der Waals surface area contributed by atoms with Gasteiger partial charge < -0.3 is 0 Å². The zero-order valence-corrected chi connectivity index (χ0v) is 21.3. The molecule has 7 aromatic rings. The van der Waals surface area contributed by atoms with Gasteiger partial charge in [-0.15, -0.1) is 0 Å². The Morgan fingerprint density at radius 1 is 0.650 bits per heavy atom. The molecular weight excluding hydrogens is 529 g/mol. The normalized spacial score (nSPS) is 11.3. The first kappa shape index (κ1) is 23.9. The van der Waals surface area contributed by atoms with Crippen LogP contribution in [0.5, 0.6) is 0 Å². The van der Waals surface area contributed by atoms with Gasteiger partial charge in [-0.25, -0.2) is 18.2 Å². The lowest BCUT2D eigenvalue weighted by Crippen LogP contribution is -1.98. The minimum atomic E-state index is -1.50. The van der Waals surface area contributed by atoms with Crippen LogP contribution in [0, 0.1) is 28.8 Å². The number of aromatic nitrogens is 3. The molecule has 0 saturated carbocycles. The number of benzene rings is 5. The van der Waals surface area contributed by atoms with Gasteiger partial charge in [0.15, 0.2) is 11.6 Å². The van der Waals surface area contributed by atoms with Gasteiger partial charge in [-0.3, -0.25) is 0 Å². The zero-order chi connectivity index (χ0) is 27.4. The summed E-state index contributed by atoms with van der Waals surface area (Å²) in [6, 6.07) is 28.8. The molecule has 40 heavy (non-hydrogen) atoms. The van der Waals surface area contributed by atoms with E-state index in [4.69, 9.17) is 10.2 Å². The second-order valence-electron chi connectivity index (χ2n) is 9.25. The number of rotatable bonds is 3. The van der Waals surface area contributed by atoms with Gasteiger partial charge in [-0.2, -0.15) is 14.0 Å². The van der Waals surface area contributed by atoms with Crippen molar-refractivity contribution in [2.75, 3.05) is 0 Å². The molecule has 4 nitrogen and oxygen atoms in total. The van der Waals surface area contributed by atoms with Crippen molar-refractivity contribution < 1.29 is 13.2 Å². The molecule has 0 aliphatic carbocycles. The molecule has 0 radical (unpaired) electrons. The second kappa shape index (κ2) is 9.26. The lowest BCUT2D eigenvalue weighted by atomic mass is 9.93. The van der Waals surface area contributed by atoms with Crippen molar-refractivity contribution in [3.63, 3.8) is 0 Å². The maximum atomic E-state index is 14.7. The number of fused-ring (bicyclic) bond motifs is 5. The summed E-state index contributed by atoms with van der Waals surface area (Å²) in [5.41, 5.74) is 4.72. The highest BCUT2D eigenvalue weighted by Crippen LogP contribution is 2.41. The first-order valence-corrected chi connectivity index (χ1v) is 13.0. The Bertz CT molecular complexity index is 2150. The van der Waals surface area contributed by atoms with Crippen LogP contribution in [-0.4, -0.2) is 13.7 Å². The lowest BCUT2D eigenvalue weighted by molar-refractivity contribution is 0.494. The Labute approximate surface area is 229 Å². The Morgan fingerprint density at radius 2 is 1.32 bits per heavy atom. The number of hydrogen-bond donors (Lipinski definition) is 0. The highest BCUT2D eigenvalue weighted by molar-refractivity contribution is 7.00. The van der Waals surface area contributed by atoms with Crippen molar-refractivity contribution in [2.24, 2.45) is 0 Å². The minimum Gasteiger partial charge on any atom is -0.247 e. The van der Waals surface area contributed by atoms with E-state index in [1.807, 2.05) is 60.7 Å². The van der Waals surface area contributed by atoms with Crippen LogP contribution in [0.2, 0.25) is 0 Å². The Hall–Kier alpha value is -5.13. The minimum absolute atomic E-state index is 0.262. The molecule has 0 saturated heterocycles. The third kappa shape index (κ3) is 3.63. The van der Waals surface area contributed by atoms with E-state index in [1.165, 1.54) is 6.07 Å². The summed E-state index contributed by atoms with van der Waals surface area (Å²) in [6.45, 7) is 0. The fourth-order valence-electron chi connectivity index (χ4n) is 5.14. The van der Waals surface area contributed by atoms with Crippen molar-refractivity contribution in [2.45, 2.75) is 0 Å². The molecule has 0 bridgehead atoms. The summed E-state index contributed by atoms with van der Waals surface area (Å²) in [6.07, 6.45) is 0. The molecule has 5 aromatic carbocycles. The molecule has 0 amide bonds. The zero-order valence-electron chi connectivity index (χ0n) is 20.5. The lowest BCUT2D eigenvalue weighted by Gasteiger charge is -2.13. The molecule has 0 spiro atoms. The molecule has 2 heterocycles. The largest absolute Gasteiger partial charge is 0.247 e. The molecule has 2 aromatic heterocycles. The molecule has 7 rings (SSSR count). The van der Waals surface area contributed by atoms with E-state index in [1.54, 1.807) is 24.3 Å². The van der Waals surface area contributed by atoms with Gasteiger partial charge in [-0.05, 0) is 29.3 Å². The molecule has 8 heteroatoms. The van der Waals surface area contributed by atoms with Gasteiger partial charge in [-0.1, -0.05) is 72.8 Å². The average molecular weight is 545 g/mol. The number of para-hydroxylation sites is 1. The van der Waals surface area contributed by atoms with Crippen molar-refractivity contribution in [1.29, 1.82) is 5.26 Å². The molecule has 0 atom stereocenters. The summed E-state index contributed by atoms with van der Waals surface area (Å²) in [5, 5.41) is 11.8. The van der Waals surface area contributed by atoms with Gasteiger partial charge in [0.05, 0.1) is 22.9 Å². The monoisotopic (exact) mass is 544 g/mol. The van der Waals surface area contributed by atoms with Crippen LogP contribution in [0.1, 0.15) is 5.56 Å². The molecule has 0 aliphatic heterocycles. The number of hydrogen-bond acceptors (Lipinski definition) is 5. The van der Waals surface area contributed by atoms with Gasteiger partial charge in [0.2, 0.25) is 0 Å².